The molecule has 0 fully saturated rings. The molecule has 12 nitrogen and oxygen atoms in total. The first-order valence-electron chi connectivity index (χ1n) is 6.06. The highest BCUT2D eigenvalue weighted by molar-refractivity contribution is 7.51. The molecule has 0 bridgehead atoms. The Hall–Kier alpha value is -1.00. The van der Waals surface area contributed by atoms with Crippen molar-refractivity contribution in [1.29, 1.82) is 0 Å². The normalized spacial score (nSPS) is 13.5. The van der Waals surface area contributed by atoms with Gasteiger partial charge in [0.05, 0.1) is 12.3 Å². The summed E-state index contributed by atoms with van der Waals surface area (Å²) in [5.74, 6) is -0.924. The smallest absolute Gasteiger partial charge is 0.344 e. The second kappa shape index (κ2) is 9.21. The summed E-state index contributed by atoms with van der Waals surface area (Å²) in [6.45, 7) is 0.197. The first-order valence-corrected chi connectivity index (χ1v) is 9.66. The van der Waals surface area contributed by atoms with Crippen molar-refractivity contribution in [3.63, 3.8) is 0 Å². The third-order valence-corrected chi connectivity index (χ3v) is 3.43. The maximum Gasteiger partial charge on any atom is 0.344 e. The largest absolute Gasteiger partial charge is 0.370 e. The van der Waals surface area contributed by atoms with E-state index in [1.165, 1.54) is 0 Å². The van der Waals surface area contributed by atoms with Gasteiger partial charge in [0, 0.05) is 6.54 Å². The molecule has 0 rings (SSSR count). The molecule has 0 radical (unpaired) electrons. The molecule has 0 aliphatic rings. The summed E-state index contributed by atoms with van der Waals surface area (Å²) in [4.78, 5) is 50.4. The summed E-state index contributed by atoms with van der Waals surface area (Å²) in [7, 11) is -8.80. The fourth-order valence-electron chi connectivity index (χ4n) is 1.36. The summed E-state index contributed by atoms with van der Waals surface area (Å²) < 4.78 is 21.5. The number of nitrogens with zero attached hydrogens (tertiary/aromatic N) is 1. The van der Waals surface area contributed by atoms with E-state index in [1.807, 2.05) is 5.32 Å². The zero-order valence-electron chi connectivity index (χ0n) is 11.6. The Morgan fingerprint density at radius 3 is 2.09 bits per heavy atom. The molecule has 1 atom stereocenters. The van der Waals surface area contributed by atoms with Gasteiger partial charge < -0.3 is 36.4 Å². The fourth-order valence-corrected chi connectivity index (χ4v) is 2.18. The molecule has 0 aromatic heterocycles. The summed E-state index contributed by atoms with van der Waals surface area (Å²) in [6, 6.07) is -1.05. The number of aliphatic imine (C=N–C) groups is 1. The van der Waals surface area contributed by atoms with Gasteiger partial charge in [-0.15, -0.1) is 0 Å². The minimum absolute atomic E-state index is 0.115. The number of rotatable bonds is 10. The highest BCUT2D eigenvalue weighted by atomic mass is 31.2. The van der Waals surface area contributed by atoms with Crippen LogP contribution in [-0.2, 0) is 13.9 Å². The van der Waals surface area contributed by atoms with Crippen molar-refractivity contribution in [3.05, 3.63) is 0 Å². The predicted octanol–water partition coefficient (Wildman–Crippen LogP) is -2.62. The average Bonchev–Trinajstić information content (AvgIpc) is 2.32. The van der Waals surface area contributed by atoms with Gasteiger partial charge in [-0.25, -0.2) is 0 Å². The minimum atomic E-state index is -4.42. The molecule has 10 N–H and O–H groups in total. The fraction of sp³-hybridized carbons (Fsp3) is 0.750. The van der Waals surface area contributed by atoms with Crippen molar-refractivity contribution < 1.29 is 33.5 Å². The Bertz CT molecular complexity index is 483. The van der Waals surface area contributed by atoms with Crippen LogP contribution in [-0.4, -0.2) is 56.6 Å². The van der Waals surface area contributed by atoms with E-state index in [0.717, 1.165) is 0 Å². The van der Waals surface area contributed by atoms with Crippen molar-refractivity contribution >= 4 is 27.1 Å². The number of carbonyl (C=O) groups excluding carboxylic acids is 1. The van der Waals surface area contributed by atoms with Crippen LogP contribution < -0.4 is 22.1 Å². The number of amides is 1. The van der Waals surface area contributed by atoms with E-state index in [2.05, 4.69) is 10.3 Å². The molecule has 130 valence electrons. The lowest BCUT2D eigenvalue weighted by Gasteiger charge is -2.18. The molecule has 0 aliphatic carbocycles. The first-order chi connectivity index (χ1) is 9.91. The summed E-state index contributed by atoms with van der Waals surface area (Å²) in [5.41, 5.74) is 10.2. The molecule has 0 aromatic carbocycles. The molecule has 0 unspecified atom stereocenters. The molecular formula is C8H21N5O7P2. The second-order valence-electron chi connectivity index (χ2n) is 4.39. The zero-order chi connectivity index (χ0) is 17.4. The quantitative estimate of drug-likeness (QED) is 0.0875. The third-order valence-electron chi connectivity index (χ3n) is 2.26. The third kappa shape index (κ3) is 12.7. The number of carbonyl (C=O) groups is 1. The summed E-state index contributed by atoms with van der Waals surface area (Å²) in [6.07, 6.45) is -1.18. The number of hydrogen-bond acceptors (Lipinski definition) is 5. The molecule has 0 spiro atoms. The van der Waals surface area contributed by atoms with Crippen LogP contribution >= 0.6 is 15.2 Å². The molecule has 1 amide bonds. The van der Waals surface area contributed by atoms with Crippen LogP contribution in [0.4, 0.5) is 0 Å². The Morgan fingerprint density at radius 1 is 1.09 bits per heavy atom. The van der Waals surface area contributed by atoms with Crippen LogP contribution in [0.5, 0.6) is 0 Å². The van der Waals surface area contributed by atoms with Crippen LogP contribution in [0.2, 0.25) is 0 Å². The zero-order valence-corrected chi connectivity index (χ0v) is 13.4. The Balaban J connectivity index is 4.56. The summed E-state index contributed by atoms with van der Waals surface area (Å²) in [5, 5.41) is 4.35. The van der Waals surface area contributed by atoms with Gasteiger partial charge in [-0.3, -0.25) is 24.2 Å². The van der Waals surface area contributed by atoms with Crippen LogP contribution in [0.3, 0.4) is 0 Å². The van der Waals surface area contributed by atoms with E-state index in [-0.39, 0.29) is 18.9 Å². The number of nitrogens with one attached hydrogen (secondary N) is 2. The Labute approximate surface area is 126 Å². The predicted molar refractivity (Wildman–Crippen MR) is 78.8 cm³/mol. The van der Waals surface area contributed by atoms with Crippen molar-refractivity contribution in [2.24, 2.45) is 16.5 Å². The SMILES string of the molecule is NC(N)=NCCC[C@H](NCP(=O)(O)O)C(=O)NCP(=O)(O)O. The van der Waals surface area contributed by atoms with Gasteiger partial charge in [-0.2, -0.15) is 0 Å². The highest BCUT2D eigenvalue weighted by Gasteiger charge is 2.24. The highest BCUT2D eigenvalue weighted by Crippen LogP contribution is 2.33. The molecule has 0 saturated carbocycles. The number of hydrogen-bond donors (Lipinski definition) is 8. The van der Waals surface area contributed by atoms with Crippen molar-refractivity contribution in [2.45, 2.75) is 18.9 Å². The van der Waals surface area contributed by atoms with Gasteiger partial charge in [0.1, 0.15) is 6.29 Å². The van der Waals surface area contributed by atoms with Crippen LogP contribution in [0.25, 0.3) is 0 Å². The monoisotopic (exact) mass is 361 g/mol. The molecule has 22 heavy (non-hydrogen) atoms. The lowest BCUT2D eigenvalue weighted by Crippen LogP contribution is -2.44. The average molecular weight is 361 g/mol. The van der Waals surface area contributed by atoms with Gasteiger partial charge in [0.25, 0.3) is 0 Å². The summed E-state index contributed by atoms with van der Waals surface area (Å²) >= 11 is 0. The standard InChI is InChI=1S/C8H21N5O7P2/c9-8(10)11-3-1-2-6(12-4-21(15,16)17)7(14)13-5-22(18,19)20/h6,12H,1-5H2,(H,13,14)(H4,9,10,11)(H2,15,16,17)(H2,18,19,20)/t6-/m0/s1. The van der Waals surface area contributed by atoms with Crippen molar-refractivity contribution in [1.82, 2.24) is 10.6 Å². The molecule has 14 heteroatoms. The Morgan fingerprint density at radius 2 is 1.64 bits per heavy atom. The van der Waals surface area contributed by atoms with Gasteiger partial charge >= 0.3 is 15.2 Å². The van der Waals surface area contributed by atoms with Crippen LogP contribution in [0.15, 0.2) is 4.99 Å². The van der Waals surface area contributed by atoms with Gasteiger partial charge in [-0.1, -0.05) is 0 Å². The van der Waals surface area contributed by atoms with E-state index in [0.29, 0.717) is 6.42 Å². The van der Waals surface area contributed by atoms with Gasteiger partial charge in [0.2, 0.25) is 5.91 Å². The minimum Gasteiger partial charge on any atom is -0.370 e. The molecule has 0 heterocycles. The number of guanidine groups is 1. The maximum absolute atomic E-state index is 11.8. The molecule has 0 aromatic rings. The molecule has 0 saturated heterocycles. The lowest BCUT2D eigenvalue weighted by molar-refractivity contribution is -0.123. The van der Waals surface area contributed by atoms with E-state index in [9.17, 15) is 13.9 Å². The van der Waals surface area contributed by atoms with Gasteiger partial charge in [0.15, 0.2) is 5.96 Å². The van der Waals surface area contributed by atoms with E-state index in [4.69, 9.17) is 31.0 Å². The molecule has 0 aliphatic heterocycles. The Kier molecular flexibility index (Phi) is 8.79. The van der Waals surface area contributed by atoms with Crippen LogP contribution in [0.1, 0.15) is 12.8 Å². The molecular weight excluding hydrogens is 340 g/mol. The van der Waals surface area contributed by atoms with E-state index in [1.54, 1.807) is 0 Å². The number of nitrogens with two attached hydrogens (primary N) is 2. The lowest BCUT2D eigenvalue weighted by atomic mass is 10.1. The maximum atomic E-state index is 11.8. The van der Waals surface area contributed by atoms with Crippen LogP contribution in [0, 0.1) is 0 Å². The van der Waals surface area contributed by atoms with Gasteiger partial charge in [-0.05, 0) is 12.8 Å². The topological polar surface area (TPSA) is 221 Å². The second-order valence-corrected chi connectivity index (χ2v) is 7.68. The van der Waals surface area contributed by atoms with Crippen molar-refractivity contribution in [3.8, 4) is 0 Å². The van der Waals surface area contributed by atoms with E-state index >= 15 is 0 Å². The van der Waals surface area contributed by atoms with Crippen molar-refractivity contribution in [2.75, 3.05) is 19.1 Å². The first kappa shape index (κ1) is 21.0. The van der Waals surface area contributed by atoms with E-state index < -0.39 is 39.7 Å².